The fourth-order valence-electron chi connectivity index (χ4n) is 2.16. The number of rotatable bonds is 5. The summed E-state index contributed by atoms with van der Waals surface area (Å²) in [7, 11) is 0. The van der Waals surface area contributed by atoms with Crippen LogP contribution in [0.5, 0.6) is 0 Å². The molecule has 0 aromatic rings. The Balaban J connectivity index is 2.65. The molecule has 20 heavy (non-hydrogen) atoms. The van der Waals surface area contributed by atoms with Gasteiger partial charge in [-0.05, 0) is 26.7 Å². The number of nitrogens with one attached hydrogen (secondary N) is 1. The van der Waals surface area contributed by atoms with E-state index in [1.807, 2.05) is 34.6 Å². The molecule has 0 spiro atoms. The summed E-state index contributed by atoms with van der Waals surface area (Å²) < 4.78 is 5.67. The van der Waals surface area contributed by atoms with Crippen LogP contribution in [-0.4, -0.2) is 48.1 Å². The van der Waals surface area contributed by atoms with E-state index in [0.29, 0.717) is 26.1 Å². The summed E-state index contributed by atoms with van der Waals surface area (Å²) in [5, 5.41) is 2.85. The summed E-state index contributed by atoms with van der Waals surface area (Å²) in [4.78, 5) is 26.0. The molecule has 0 bridgehead atoms. The lowest BCUT2D eigenvalue weighted by Crippen LogP contribution is -2.49. The van der Waals surface area contributed by atoms with Gasteiger partial charge >= 0.3 is 0 Å². The van der Waals surface area contributed by atoms with Crippen LogP contribution in [0.4, 0.5) is 0 Å². The van der Waals surface area contributed by atoms with Gasteiger partial charge in [-0.2, -0.15) is 0 Å². The molecule has 0 saturated carbocycles. The average molecular weight is 284 g/mol. The first-order chi connectivity index (χ1) is 9.24. The maximum atomic E-state index is 12.5. The second-order valence-electron chi connectivity index (χ2n) is 6.47. The molecule has 2 amide bonds. The van der Waals surface area contributed by atoms with Crippen molar-refractivity contribution in [2.24, 2.45) is 5.92 Å². The van der Waals surface area contributed by atoms with Gasteiger partial charge < -0.3 is 15.0 Å². The maximum absolute atomic E-state index is 12.5. The smallest absolute Gasteiger partial charge is 0.245 e. The van der Waals surface area contributed by atoms with Crippen molar-refractivity contribution in [1.29, 1.82) is 0 Å². The Morgan fingerprint density at radius 1 is 1.40 bits per heavy atom. The number of hydrogen-bond donors (Lipinski definition) is 1. The van der Waals surface area contributed by atoms with E-state index >= 15 is 0 Å². The van der Waals surface area contributed by atoms with Crippen LogP contribution in [0.3, 0.4) is 0 Å². The molecule has 1 heterocycles. The number of ether oxygens (including phenoxy) is 1. The van der Waals surface area contributed by atoms with Crippen molar-refractivity contribution in [2.75, 3.05) is 19.7 Å². The van der Waals surface area contributed by atoms with Crippen LogP contribution in [0, 0.1) is 5.92 Å². The second-order valence-corrected chi connectivity index (χ2v) is 6.47. The van der Waals surface area contributed by atoms with Crippen molar-refractivity contribution in [3.05, 3.63) is 0 Å². The summed E-state index contributed by atoms with van der Waals surface area (Å²) in [6.07, 6.45) is 1.23. The van der Waals surface area contributed by atoms with Gasteiger partial charge in [0.05, 0.1) is 12.2 Å². The highest BCUT2D eigenvalue weighted by molar-refractivity contribution is 5.90. The first kappa shape index (κ1) is 17.0. The molecular formula is C15H28N2O3. The molecule has 5 nitrogen and oxygen atoms in total. The summed E-state index contributed by atoms with van der Waals surface area (Å²) in [6, 6.07) is -0.398. The summed E-state index contributed by atoms with van der Waals surface area (Å²) in [5.74, 6) is 0.126. The van der Waals surface area contributed by atoms with Crippen molar-refractivity contribution in [3.63, 3.8) is 0 Å². The zero-order valence-corrected chi connectivity index (χ0v) is 13.4. The zero-order chi connectivity index (χ0) is 15.3. The van der Waals surface area contributed by atoms with Crippen molar-refractivity contribution in [3.8, 4) is 0 Å². The number of carbonyl (C=O) groups excluding carboxylic acids is 2. The van der Waals surface area contributed by atoms with Gasteiger partial charge in [0.2, 0.25) is 11.8 Å². The highest BCUT2D eigenvalue weighted by atomic mass is 16.5. The molecule has 1 saturated heterocycles. The largest absolute Gasteiger partial charge is 0.374 e. The van der Waals surface area contributed by atoms with Crippen LogP contribution < -0.4 is 5.32 Å². The van der Waals surface area contributed by atoms with Gasteiger partial charge in [-0.1, -0.05) is 20.3 Å². The van der Waals surface area contributed by atoms with Gasteiger partial charge in [-0.25, -0.2) is 0 Å². The quantitative estimate of drug-likeness (QED) is 0.833. The monoisotopic (exact) mass is 284 g/mol. The van der Waals surface area contributed by atoms with E-state index < -0.39 is 6.04 Å². The van der Waals surface area contributed by atoms with Crippen molar-refractivity contribution >= 4 is 11.8 Å². The van der Waals surface area contributed by atoms with E-state index in [1.165, 1.54) is 0 Å². The van der Waals surface area contributed by atoms with E-state index in [2.05, 4.69) is 5.32 Å². The van der Waals surface area contributed by atoms with Crippen LogP contribution in [-0.2, 0) is 14.3 Å². The molecule has 0 aliphatic carbocycles. The predicted molar refractivity (Wildman–Crippen MR) is 78.3 cm³/mol. The molecule has 0 aromatic heterocycles. The molecule has 1 N–H and O–H groups in total. The lowest BCUT2D eigenvalue weighted by molar-refractivity contribution is -0.136. The Bertz CT molecular complexity index is 350. The minimum absolute atomic E-state index is 0.0164. The maximum Gasteiger partial charge on any atom is 0.245 e. The normalized spacial score (nSPS) is 22.4. The molecular weight excluding hydrogens is 256 g/mol. The number of hydrogen-bond acceptors (Lipinski definition) is 3. The molecule has 2 unspecified atom stereocenters. The highest BCUT2D eigenvalue weighted by Gasteiger charge is 2.32. The summed E-state index contributed by atoms with van der Waals surface area (Å²) in [6.45, 7) is 11.5. The minimum Gasteiger partial charge on any atom is -0.374 e. The SMILES string of the molecule is CCC(C)C1NC(=O)CCN(CCOC(C)(C)C)C1=O. The van der Waals surface area contributed by atoms with Crippen LogP contribution in [0.2, 0.25) is 0 Å². The van der Waals surface area contributed by atoms with Gasteiger partial charge in [0.1, 0.15) is 6.04 Å². The molecule has 0 aromatic carbocycles. The van der Waals surface area contributed by atoms with Crippen molar-refractivity contribution < 1.29 is 14.3 Å². The number of carbonyl (C=O) groups is 2. The number of nitrogens with zero attached hydrogens (tertiary/aromatic N) is 1. The van der Waals surface area contributed by atoms with Gasteiger partial charge in [0.25, 0.3) is 0 Å². The van der Waals surface area contributed by atoms with Crippen molar-refractivity contribution in [2.45, 2.75) is 59.1 Å². The van der Waals surface area contributed by atoms with E-state index in [9.17, 15) is 9.59 Å². The predicted octanol–water partition coefficient (Wildman–Crippen LogP) is 1.56. The second kappa shape index (κ2) is 7.07. The van der Waals surface area contributed by atoms with Gasteiger partial charge in [0.15, 0.2) is 0 Å². The van der Waals surface area contributed by atoms with Gasteiger partial charge in [-0.3, -0.25) is 9.59 Å². The Labute approximate surface area is 122 Å². The Morgan fingerprint density at radius 3 is 2.60 bits per heavy atom. The average Bonchev–Trinajstić information content (AvgIpc) is 2.49. The first-order valence-electron chi connectivity index (χ1n) is 7.46. The van der Waals surface area contributed by atoms with Crippen LogP contribution >= 0.6 is 0 Å². The molecule has 1 rings (SSSR count). The molecule has 1 aliphatic heterocycles. The standard InChI is InChI=1S/C15H28N2O3/c1-6-11(2)13-14(19)17(8-7-12(18)16-13)9-10-20-15(3,4)5/h11,13H,6-10H2,1-5H3,(H,16,18). The molecule has 2 atom stereocenters. The zero-order valence-electron chi connectivity index (χ0n) is 13.4. The van der Waals surface area contributed by atoms with Gasteiger partial charge in [0, 0.05) is 19.5 Å². The van der Waals surface area contributed by atoms with Crippen LogP contribution in [0.25, 0.3) is 0 Å². The van der Waals surface area contributed by atoms with E-state index in [4.69, 9.17) is 4.74 Å². The van der Waals surface area contributed by atoms with Gasteiger partial charge in [-0.15, -0.1) is 0 Å². The Kier molecular flexibility index (Phi) is 5.99. The Morgan fingerprint density at radius 2 is 2.05 bits per heavy atom. The fraction of sp³-hybridized carbons (Fsp3) is 0.867. The molecule has 0 radical (unpaired) electrons. The molecule has 116 valence electrons. The van der Waals surface area contributed by atoms with E-state index in [-0.39, 0.29) is 23.3 Å². The Hall–Kier alpha value is -1.10. The summed E-state index contributed by atoms with van der Waals surface area (Å²) >= 11 is 0. The number of amides is 2. The molecule has 1 fully saturated rings. The molecule has 1 aliphatic rings. The third-order valence-corrected chi connectivity index (χ3v) is 3.61. The summed E-state index contributed by atoms with van der Waals surface area (Å²) in [5.41, 5.74) is -0.209. The van der Waals surface area contributed by atoms with Crippen LogP contribution in [0.15, 0.2) is 0 Å². The van der Waals surface area contributed by atoms with E-state index in [0.717, 1.165) is 6.42 Å². The van der Waals surface area contributed by atoms with E-state index in [1.54, 1.807) is 4.90 Å². The third-order valence-electron chi connectivity index (χ3n) is 3.61. The first-order valence-corrected chi connectivity index (χ1v) is 7.46. The topological polar surface area (TPSA) is 58.6 Å². The third kappa shape index (κ3) is 5.12. The highest BCUT2D eigenvalue weighted by Crippen LogP contribution is 2.15. The lowest BCUT2D eigenvalue weighted by Gasteiger charge is -2.28. The minimum atomic E-state index is -0.398. The van der Waals surface area contributed by atoms with Crippen molar-refractivity contribution in [1.82, 2.24) is 10.2 Å². The fourth-order valence-corrected chi connectivity index (χ4v) is 2.16. The molecule has 5 heteroatoms. The van der Waals surface area contributed by atoms with Crippen LogP contribution in [0.1, 0.15) is 47.5 Å². The lowest BCUT2D eigenvalue weighted by atomic mass is 9.98.